The second kappa shape index (κ2) is 11.0. The molecular formula is C18H34N2O5S2. The number of piperidine rings is 1. The minimum atomic E-state index is -0.336. The number of nitrogens with zero attached hydrogens (tertiary/aromatic N) is 1. The summed E-state index contributed by atoms with van der Waals surface area (Å²) in [6.07, 6.45) is 8.10. The van der Waals surface area contributed by atoms with Gasteiger partial charge in [0, 0.05) is 39.6 Å². The molecule has 1 saturated carbocycles. The monoisotopic (exact) mass is 422 g/mol. The highest BCUT2D eigenvalue weighted by Crippen LogP contribution is 2.37. The maximum atomic E-state index is 6.38. The quantitative estimate of drug-likeness (QED) is 0.343. The predicted octanol–water partition coefficient (Wildman–Crippen LogP) is 2.61. The van der Waals surface area contributed by atoms with Gasteiger partial charge >= 0.3 is 0 Å². The standard InChI is InChI=1S/C18H34N2O5S2/c1-21-17(22-2)20-10-4-5-15(19-27-26-3)16(20)13-23-14-6-8-18(9-7-14)24-11-12-25-18/h14-17,19H,4-13H2,1-3H3. The van der Waals surface area contributed by atoms with Crippen molar-refractivity contribution in [2.75, 3.05) is 46.8 Å². The highest BCUT2D eigenvalue weighted by molar-refractivity contribution is 8.75. The molecule has 0 amide bonds. The van der Waals surface area contributed by atoms with Crippen molar-refractivity contribution in [1.82, 2.24) is 9.62 Å². The van der Waals surface area contributed by atoms with Crippen molar-refractivity contribution in [3.05, 3.63) is 0 Å². The Morgan fingerprint density at radius 1 is 1.15 bits per heavy atom. The summed E-state index contributed by atoms with van der Waals surface area (Å²) in [4.78, 5) is 2.29. The second-order valence-electron chi connectivity index (χ2n) is 7.34. The third-order valence-corrected chi connectivity index (χ3v) is 7.14. The van der Waals surface area contributed by atoms with Gasteiger partial charge in [0.1, 0.15) is 0 Å². The molecule has 0 radical (unpaired) electrons. The highest BCUT2D eigenvalue weighted by atomic mass is 33.1. The molecule has 3 aliphatic rings. The fraction of sp³-hybridized carbons (Fsp3) is 1.00. The van der Waals surface area contributed by atoms with E-state index in [-0.39, 0.29) is 24.3 Å². The Morgan fingerprint density at radius 3 is 2.48 bits per heavy atom. The Labute approximate surface area is 171 Å². The molecule has 2 atom stereocenters. The number of rotatable bonds is 9. The molecule has 1 N–H and O–H groups in total. The molecule has 27 heavy (non-hydrogen) atoms. The van der Waals surface area contributed by atoms with Gasteiger partial charge in [-0.25, -0.2) is 9.62 Å². The Morgan fingerprint density at radius 2 is 1.85 bits per heavy atom. The smallest absolute Gasteiger partial charge is 0.218 e. The zero-order valence-electron chi connectivity index (χ0n) is 16.7. The van der Waals surface area contributed by atoms with Crippen molar-refractivity contribution in [3.8, 4) is 0 Å². The summed E-state index contributed by atoms with van der Waals surface area (Å²) in [6.45, 7) is 3.07. The van der Waals surface area contributed by atoms with E-state index >= 15 is 0 Å². The van der Waals surface area contributed by atoms with E-state index in [1.807, 2.05) is 0 Å². The van der Waals surface area contributed by atoms with Gasteiger partial charge in [-0.1, -0.05) is 10.8 Å². The fourth-order valence-corrected chi connectivity index (χ4v) is 5.54. The molecular weight excluding hydrogens is 388 g/mol. The largest absolute Gasteiger partial charge is 0.377 e. The van der Waals surface area contributed by atoms with Crippen molar-refractivity contribution >= 4 is 21.8 Å². The minimum absolute atomic E-state index is 0.221. The van der Waals surface area contributed by atoms with E-state index in [0.29, 0.717) is 12.6 Å². The zero-order chi connectivity index (χ0) is 19.1. The summed E-state index contributed by atoms with van der Waals surface area (Å²) in [5.74, 6) is -0.326. The SMILES string of the molecule is COC(OC)N1CCCC(NSSC)C1COC1CCC2(CC1)OCCO2. The number of ether oxygens (including phenoxy) is 5. The first kappa shape index (κ1) is 22.1. The zero-order valence-corrected chi connectivity index (χ0v) is 18.3. The molecule has 1 aliphatic carbocycles. The van der Waals surface area contributed by atoms with Crippen molar-refractivity contribution in [3.63, 3.8) is 0 Å². The van der Waals surface area contributed by atoms with Crippen LogP contribution in [-0.2, 0) is 23.7 Å². The van der Waals surface area contributed by atoms with Crippen LogP contribution in [0, 0.1) is 0 Å². The molecule has 2 saturated heterocycles. The van der Waals surface area contributed by atoms with E-state index in [1.54, 1.807) is 36.0 Å². The lowest BCUT2D eigenvalue weighted by molar-refractivity contribution is -0.226. The van der Waals surface area contributed by atoms with Crippen LogP contribution in [0.1, 0.15) is 38.5 Å². The van der Waals surface area contributed by atoms with Gasteiger partial charge in [-0.15, -0.1) is 0 Å². The average Bonchev–Trinajstić information content (AvgIpc) is 3.16. The molecule has 9 heteroatoms. The normalized spacial score (nSPS) is 29.8. The Hall–Kier alpha value is 0.420. The van der Waals surface area contributed by atoms with Crippen LogP contribution in [0.15, 0.2) is 0 Å². The summed E-state index contributed by atoms with van der Waals surface area (Å²) < 4.78 is 32.7. The summed E-state index contributed by atoms with van der Waals surface area (Å²) in [5, 5.41) is 0. The molecule has 0 aromatic heterocycles. The van der Waals surface area contributed by atoms with Gasteiger partial charge in [0.15, 0.2) is 5.79 Å². The van der Waals surface area contributed by atoms with Crippen LogP contribution < -0.4 is 4.72 Å². The van der Waals surface area contributed by atoms with Gasteiger partial charge in [-0.05, 0) is 42.9 Å². The third-order valence-electron chi connectivity index (χ3n) is 5.79. The van der Waals surface area contributed by atoms with Crippen molar-refractivity contribution in [2.45, 2.75) is 68.9 Å². The van der Waals surface area contributed by atoms with E-state index in [4.69, 9.17) is 23.7 Å². The first-order valence-corrected chi connectivity index (χ1v) is 12.4. The number of hydrogen-bond acceptors (Lipinski definition) is 9. The van der Waals surface area contributed by atoms with Crippen LogP contribution >= 0.6 is 21.8 Å². The van der Waals surface area contributed by atoms with Gasteiger partial charge in [0.2, 0.25) is 6.41 Å². The van der Waals surface area contributed by atoms with E-state index < -0.39 is 0 Å². The lowest BCUT2D eigenvalue weighted by atomic mass is 9.91. The molecule has 0 aromatic carbocycles. The Kier molecular flexibility index (Phi) is 9.00. The molecule has 3 fully saturated rings. The second-order valence-corrected chi connectivity index (χ2v) is 9.58. The average molecular weight is 423 g/mol. The van der Waals surface area contributed by atoms with Crippen molar-refractivity contribution < 1.29 is 23.7 Å². The van der Waals surface area contributed by atoms with Crippen LogP contribution in [0.3, 0.4) is 0 Å². The molecule has 158 valence electrons. The Balaban J connectivity index is 1.55. The summed E-state index contributed by atoms with van der Waals surface area (Å²) in [5.41, 5.74) is 0. The van der Waals surface area contributed by atoms with E-state index in [2.05, 4.69) is 15.9 Å². The first-order valence-electron chi connectivity index (χ1n) is 9.87. The van der Waals surface area contributed by atoms with Gasteiger partial charge in [-0.2, -0.15) is 0 Å². The fourth-order valence-electron chi connectivity index (χ4n) is 4.39. The maximum absolute atomic E-state index is 6.38. The van der Waals surface area contributed by atoms with Crippen LogP contribution in [0.25, 0.3) is 0 Å². The van der Waals surface area contributed by atoms with Gasteiger partial charge in [0.25, 0.3) is 0 Å². The third kappa shape index (κ3) is 5.73. The van der Waals surface area contributed by atoms with Crippen molar-refractivity contribution in [1.29, 1.82) is 0 Å². The van der Waals surface area contributed by atoms with E-state index in [0.717, 1.165) is 58.3 Å². The molecule has 1 spiro atoms. The molecule has 3 rings (SSSR count). The number of methoxy groups -OCH3 is 2. The summed E-state index contributed by atoms with van der Waals surface area (Å²) in [7, 11) is 6.82. The summed E-state index contributed by atoms with van der Waals surface area (Å²) in [6, 6.07) is 0.568. The van der Waals surface area contributed by atoms with Gasteiger partial charge < -0.3 is 23.7 Å². The maximum Gasteiger partial charge on any atom is 0.218 e. The molecule has 2 heterocycles. The van der Waals surface area contributed by atoms with E-state index in [1.165, 1.54) is 0 Å². The highest BCUT2D eigenvalue weighted by Gasteiger charge is 2.41. The lowest BCUT2D eigenvalue weighted by Gasteiger charge is -2.44. The van der Waals surface area contributed by atoms with Crippen LogP contribution in [-0.4, -0.2) is 82.1 Å². The summed E-state index contributed by atoms with van der Waals surface area (Å²) >= 11 is 0. The van der Waals surface area contributed by atoms with Crippen LogP contribution in [0.5, 0.6) is 0 Å². The molecule has 2 aliphatic heterocycles. The van der Waals surface area contributed by atoms with E-state index in [9.17, 15) is 0 Å². The minimum Gasteiger partial charge on any atom is -0.377 e. The molecule has 7 nitrogen and oxygen atoms in total. The molecule has 0 bridgehead atoms. The number of hydrogen-bond donors (Lipinski definition) is 1. The van der Waals surface area contributed by atoms with Gasteiger partial charge in [-0.3, -0.25) is 0 Å². The number of nitrogens with one attached hydrogen (secondary N) is 1. The molecule has 2 unspecified atom stereocenters. The Bertz CT molecular complexity index is 428. The topological polar surface area (TPSA) is 61.4 Å². The first-order chi connectivity index (χ1) is 13.2. The number of likely N-dealkylation sites (tertiary alicyclic amines) is 1. The van der Waals surface area contributed by atoms with Crippen LogP contribution in [0.2, 0.25) is 0 Å². The lowest BCUT2D eigenvalue weighted by Crippen LogP contribution is -2.59. The predicted molar refractivity (Wildman–Crippen MR) is 108 cm³/mol. The van der Waals surface area contributed by atoms with Crippen LogP contribution in [0.4, 0.5) is 0 Å². The van der Waals surface area contributed by atoms with Crippen molar-refractivity contribution in [2.24, 2.45) is 0 Å². The molecule has 0 aromatic rings. The van der Waals surface area contributed by atoms with Gasteiger partial charge in [0.05, 0.1) is 32.0 Å².